The number of carbonyl (C=O) groups excluding carboxylic acids is 1. The van der Waals surface area contributed by atoms with Crippen molar-refractivity contribution >= 4 is 34.5 Å². The maximum absolute atomic E-state index is 12.2. The van der Waals surface area contributed by atoms with Crippen molar-refractivity contribution < 1.29 is 15.0 Å². The summed E-state index contributed by atoms with van der Waals surface area (Å²) < 4.78 is 0. The van der Waals surface area contributed by atoms with Crippen LogP contribution in [-0.2, 0) is 0 Å². The Morgan fingerprint density at radius 3 is 2.64 bits per heavy atom. The Hall–Kier alpha value is -3.33. The predicted octanol–water partition coefficient (Wildman–Crippen LogP) is 3.70. The van der Waals surface area contributed by atoms with Crippen LogP contribution in [0.4, 0.5) is 0 Å². The van der Waals surface area contributed by atoms with E-state index in [4.69, 9.17) is 11.6 Å². The number of hydrogen-bond donors (Lipinski definition) is 3. The number of halogens is 1. The minimum Gasteiger partial charge on any atom is -0.506 e. The summed E-state index contributed by atoms with van der Waals surface area (Å²) >= 11 is 5.82. The largest absolute Gasteiger partial charge is 0.506 e. The van der Waals surface area contributed by atoms with E-state index in [1.807, 2.05) is 36.4 Å². The van der Waals surface area contributed by atoms with Crippen LogP contribution < -0.4 is 5.43 Å². The number of hydrazone groups is 1. The third-order valence-corrected chi connectivity index (χ3v) is 4.26. The van der Waals surface area contributed by atoms with E-state index in [9.17, 15) is 15.0 Å². The van der Waals surface area contributed by atoms with Gasteiger partial charge in [0.25, 0.3) is 5.91 Å². The average molecular weight is 393 g/mol. The molecule has 6 heteroatoms. The number of benzene rings is 3. The fourth-order valence-electron chi connectivity index (χ4n) is 2.60. The lowest BCUT2D eigenvalue weighted by Gasteiger charge is -2.05. The van der Waals surface area contributed by atoms with Crippen LogP contribution in [0.15, 0.2) is 59.7 Å². The van der Waals surface area contributed by atoms with Crippen molar-refractivity contribution in [3.8, 4) is 17.6 Å². The highest BCUT2D eigenvalue weighted by atomic mass is 35.5. The first-order valence-corrected chi connectivity index (χ1v) is 8.87. The molecule has 0 aromatic heterocycles. The third kappa shape index (κ3) is 4.49. The van der Waals surface area contributed by atoms with Crippen LogP contribution in [-0.4, -0.2) is 28.4 Å². The number of phenols is 1. The second-order valence-corrected chi connectivity index (χ2v) is 6.47. The summed E-state index contributed by atoms with van der Waals surface area (Å²) in [6.07, 6.45) is 0.845. The molecule has 0 saturated heterocycles. The summed E-state index contributed by atoms with van der Waals surface area (Å²) in [4.78, 5) is 12.2. The molecule has 3 aromatic rings. The van der Waals surface area contributed by atoms with Crippen LogP contribution in [0.5, 0.6) is 5.75 Å². The summed E-state index contributed by atoms with van der Waals surface area (Å²) in [7, 11) is 0. The Kier molecular flexibility index (Phi) is 5.95. The maximum Gasteiger partial charge on any atom is 0.271 e. The van der Waals surface area contributed by atoms with Crippen LogP contribution in [0.25, 0.3) is 10.8 Å². The third-order valence-electron chi connectivity index (χ3n) is 3.95. The zero-order valence-corrected chi connectivity index (χ0v) is 15.7. The van der Waals surface area contributed by atoms with Crippen molar-refractivity contribution in [3.63, 3.8) is 0 Å². The molecule has 0 bridgehead atoms. The molecule has 0 fully saturated rings. The van der Waals surface area contributed by atoms with Crippen molar-refractivity contribution in [1.82, 2.24) is 5.43 Å². The zero-order valence-electron chi connectivity index (χ0n) is 15.0. The van der Waals surface area contributed by atoms with E-state index in [0.717, 1.165) is 21.9 Å². The topological polar surface area (TPSA) is 81.9 Å². The van der Waals surface area contributed by atoms with E-state index in [1.54, 1.807) is 13.1 Å². The first-order valence-electron chi connectivity index (χ1n) is 8.49. The molecule has 1 amide bonds. The van der Waals surface area contributed by atoms with Gasteiger partial charge in [-0.15, -0.1) is 0 Å². The molecule has 0 aliphatic carbocycles. The van der Waals surface area contributed by atoms with Gasteiger partial charge in [0.1, 0.15) is 11.9 Å². The van der Waals surface area contributed by atoms with Crippen molar-refractivity contribution in [2.75, 3.05) is 0 Å². The van der Waals surface area contributed by atoms with Crippen LogP contribution in [0, 0.1) is 11.8 Å². The first-order chi connectivity index (χ1) is 13.5. The van der Waals surface area contributed by atoms with Gasteiger partial charge >= 0.3 is 0 Å². The predicted molar refractivity (Wildman–Crippen MR) is 111 cm³/mol. The van der Waals surface area contributed by atoms with Crippen LogP contribution in [0.3, 0.4) is 0 Å². The quantitative estimate of drug-likeness (QED) is 0.361. The Bertz CT molecular complexity index is 1130. The number of nitrogens with zero attached hydrogens (tertiary/aromatic N) is 1. The number of phenolic OH excluding ortho intramolecular Hbond substituents is 1. The Balaban J connectivity index is 1.84. The normalized spacial score (nSPS) is 11.8. The number of fused-ring (bicyclic) bond motifs is 1. The van der Waals surface area contributed by atoms with Gasteiger partial charge in [-0.3, -0.25) is 4.79 Å². The molecule has 0 radical (unpaired) electrons. The van der Waals surface area contributed by atoms with Gasteiger partial charge in [-0.25, -0.2) is 5.43 Å². The van der Waals surface area contributed by atoms with E-state index in [-0.39, 0.29) is 16.3 Å². The SMILES string of the molecule is CC(O)C#Cc1ccc(/C=N/NC(=O)c2ccc(O)c(Cl)c2)c2ccccc12. The van der Waals surface area contributed by atoms with Gasteiger partial charge in [-0.2, -0.15) is 5.10 Å². The van der Waals surface area contributed by atoms with Gasteiger partial charge in [-0.05, 0) is 42.0 Å². The minimum atomic E-state index is -0.705. The van der Waals surface area contributed by atoms with E-state index in [0.29, 0.717) is 0 Å². The molecule has 0 heterocycles. The number of aromatic hydroxyl groups is 1. The van der Waals surface area contributed by atoms with Gasteiger partial charge in [0.2, 0.25) is 0 Å². The Labute approximate surface area is 167 Å². The van der Waals surface area contributed by atoms with Crippen molar-refractivity contribution in [3.05, 3.63) is 76.3 Å². The summed E-state index contributed by atoms with van der Waals surface area (Å²) in [5.74, 6) is 5.18. The fraction of sp³-hybridized carbons (Fsp3) is 0.0909. The van der Waals surface area contributed by atoms with E-state index < -0.39 is 12.0 Å². The molecule has 1 atom stereocenters. The van der Waals surface area contributed by atoms with Crippen LogP contribution >= 0.6 is 11.6 Å². The summed E-state index contributed by atoms with van der Waals surface area (Å²) in [6.45, 7) is 1.61. The van der Waals surface area contributed by atoms with Crippen molar-refractivity contribution in [2.45, 2.75) is 13.0 Å². The molecule has 0 aliphatic heterocycles. The molecule has 3 N–H and O–H groups in total. The number of carbonyl (C=O) groups is 1. The fourth-order valence-corrected chi connectivity index (χ4v) is 2.78. The molecule has 5 nitrogen and oxygen atoms in total. The molecule has 3 aromatic carbocycles. The highest BCUT2D eigenvalue weighted by Gasteiger charge is 2.08. The standard InChI is InChI=1S/C22H17ClN2O3/c1-14(26)6-7-15-8-9-17(19-5-3-2-4-18(15)19)13-24-25-22(28)16-10-11-21(27)20(23)12-16/h2-5,8-14,26-27H,1H3,(H,25,28)/b24-13+. The average Bonchev–Trinajstić information content (AvgIpc) is 2.69. The number of hydrogen-bond acceptors (Lipinski definition) is 4. The van der Waals surface area contributed by atoms with Gasteiger partial charge in [0, 0.05) is 16.7 Å². The number of aliphatic hydroxyl groups is 1. The van der Waals surface area contributed by atoms with Crippen molar-refractivity contribution in [1.29, 1.82) is 0 Å². The molecular weight excluding hydrogens is 376 g/mol. The zero-order chi connectivity index (χ0) is 20.1. The summed E-state index contributed by atoms with van der Waals surface area (Å²) in [5, 5.41) is 24.8. The molecule has 28 heavy (non-hydrogen) atoms. The van der Waals surface area contributed by atoms with Gasteiger partial charge < -0.3 is 10.2 Å². The lowest BCUT2D eigenvalue weighted by atomic mass is 10.00. The van der Waals surface area contributed by atoms with Crippen LogP contribution in [0.1, 0.15) is 28.4 Å². The lowest BCUT2D eigenvalue weighted by Crippen LogP contribution is -2.17. The lowest BCUT2D eigenvalue weighted by molar-refractivity contribution is 0.0955. The van der Waals surface area contributed by atoms with E-state index in [2.05, 4.69) is 22.4 Å². The summed E-state index contributed by atoms with van der Waals surface area (Å²) in [5.41, 5.74) is 4.34. The van der Waals surface area contributed by atoms with Gasteiger partial charge in [-0.1, -0.05) is 53.8 Å². The van der Waals surface area contributed by atoms with Gasteiger partial charge in [0.05, 0.1) is 11.2 Å². The first kappa shape index (κ1) is 19.4. The second kappa shape index (κ2) is 8.57. The monoisotopic (exact) mass is 392 g/mol. The molecule has 1 unspecified atom stereocenters. The smallest absolute Gasteiger partial charge is 0.271 e. The minimum absolute atomic E-state index is 0.0908. The molecule has 3 rings (SSSR count). The molecule has 140 valence electrons. The van der Waals surface area contributed by atoms with Gasteiger partial charge in [0.15, 0.2) is 0 Å². The Morgan fingerprint density at radius 1 is 1.18 bits per heavy atom. The molecule has 0 aliphatic rings. The highest BCUT2D eigenvalue weighted by Crippen LogP contribution is 2.24. The second-order valence-electron chi connectivity index (χ2n) is 6.06. The number of aliphatic hydroxyl groups excluding tert-OH is 1. The van der Waals surface area contributed by atoms with E-state index in [1.165, 1.54) is 18.2 Å². The highest BCUT2D eigenvalue weighted by molar-refractivity contribution is 6.32. The van der Waals surface area contributed by atoms with Crippen LogP contribution in [0.2, 0.25) is 5.02 Å². The molecule has 0 saturated carbocycles. The Morgan fingerprint density at radius 2 is 1.93 bits per heavy atom. The van der Waals surface area contributed by atoms with Crippen molar-refractivity contribution in [2.24, 2.45) is 5.10 Å². The summed E-state index contributed by atoms with van der Waals surface area (Å²) in [6, 6.07) is 15.6. The van der Waals surface area contributed by atoms with E-state index >= 15 is 0 Å². The number of nitrogens with one attached hydrogen (secondary N) is 1. The molecular formula is C22H17ClN2O3. The maximum atomic E-state index is 12.2. The number of amides is 1. The number of rotatable bonds is 3. The molecule has 0 spiro atoms.